The van der Waals surface area contributed by atoms with Crippen molar-refractivity contribution in [2.75, 3.05) is 16.9 Å². The first-order valence-corrected chi connectivity index (χ1v) is 11.3. The maximum atomic E-state index is 12.3. The molecule has 3 N–H and O–H groups in total. The normalized spacial score (nSPS) is 14.9. The number of nitrogens with two attached hydrogens (primary N) is 1. The first kappa shape index (κ1) is 19.8. The number of aryl methyl sites for hydroxylation is 1. The Balaban J connectivity index is 1.29. The summed E-state index contributed by atoms with van der Waals surface area (Å²) < 4.78 is 1.54. The van der Waals surface area contributed by atoms with E-state index in [0.29, 0.717) is 5.16 Å². The van der Waals surface area contributed by atoms with Crippen molar-refractivity contribution in [3.8, 4) is 0 Å². The maximum Gasteiger partial charge on any atom is 0.234 e. The lowest BCUT2D eigenvalue weighted by molar-refractivity contribution is -0.113. The quantitative estimate of drug-likeness (QED) is 0.446. The zero-order valence-corrected chi connectivity index (χ0v) is 17.3. The number of thioether (sulfide) groups is 1. The van der Waals surface area contributed by atoms with E-state index in [2.05, 4.69) is 21.6 Å². The van der Waals surface area contributed by atoms with Gasteiger partial charge in [-0.2, -0.15) is 0 Å². The Morgan fingerprint density at radius 3 is 2.72 bits per heavy atom. The number of amides is 1. The van der Waals surface area contributed by atoms with Gasteiger partial charge in [0.2, 0.25) is 11.1 Å². The molecule has 6 nitrogen and oxygen atoms in total. The molecule has 1 aliphatic carbocycles. The summed E-state index contributed by atoms with van der Waals surface area (Å²) in [5, 5.41) is 14.2. The van der Waals surface area contributed by atoms with Crippen molar-refractivity contribution >= 4 is 34.1 Å². The summed E-state index contributed by atoms with van der Waals surface area (Å²) in [7, 11) is 0. The Morgan fingerprint density at radius 1 is 1.10 bits per heavy atom. The van der Waals surface area contributed by atoms with Gasteiger partial charge in [0.1, 0.15) is 0 Å². The Hall–Kier alpha value is -2.54. The number of hydrogen-bond donors (Lipinski definition) is 2. The molecule has 0 atom stereocenters. The molecule has 0 spiro atoms. The second-order valence-electron chi connectivity index (χ2n) is 7.71. The van der Waals surface area contributed by atoms with E-state index in [1.807, 2.05) is 36.4 Å². The van der Waals surface area contributed by atoms with Crippen LogP contribution in [0.15, 0.2) is 47.6 Å². The average Bonchev–Trinajstić information content (AvgIpc) is 3.11. The number of benzene rings is 2. The number of nitrogen functional groups attached to an aromatic ring is 1. The molecule has 1 fully saturated rings. The molecule has 29 heavy (non-hydrogen) atoms. The molecule has 7 heteroatoms. The number of fused-ring (bicyclic) bond motifs is 1. The molecule has 0 radical (unpaired) electrons. The molecule has 1 amide bonds. The van der Waals surface area contributed by atoms with Crippen LogP contribution in [0.5, 0.6) is 0 Å². The molecule has 1 aliphatic rings. The van der Waals surface area contributed by atoms with Gasteiger partial charge in [-0.3, -0.25) is 4.79 Å². The molecular formula is C22H27N5OS. The monoisotopic (exact) mass is 409 g/mol. The minimum Gasteiger partial charge on any atom is -0.336 e. The fraction of sp³-hybridized carbons (Fsp3) is 0.409. The van der Waals surface area contributed by atoms with E-state index in [1.54, 1.807) is 0 Å². The van der Waals surface area contributed by atoms with Gasteiger partial charge in [0.25, 0.3) is 0 Å². The topological polar surface area (TPSA) is 85.8 Å². The molecule has 4 rings (SSSR count). The first-order valence-electron chi connectivity index (χ1n) is 10.3. The molecule has 152 valence electrons. The lowest BCUT2D eigenvalue weighted by atomic mass is 9.86. The Bertz CT molecular complexity index is 980. The summed E-state index contributed by atoms with van der Waals surface area (Å²) in [5.41, 5.74) is 0.789. The Kier molecular flexibility index (Phi) is 6.34. The van der Waals surface area contributed by atoms with E-state index in [0.717, 1.165) is 41.0 Å². The number of rotatable bonds is 7. The highest BCUT2D eigenvalue weighted by Crippen LogP contribution is 2.27. The third-order valence-corrected chi connectivity index (χ3v) is 6.54. The molecule has 2 aromatic carbocycles. The number of carbonyl (C=O) groups excluding carboxylic acids is 1. The zero-order valence-electron chi connectivity index (χ0n) is 16.5. The fourth-order valence-corrected chi connectivity index (χ4v) is 4.65. The van der Waals surface area contributed by atoms with E-state index >= 15 is 0 Å². The number of carbonyl (C=O) groups is 1. The van der Waals surface area contributed by atoms with E-state index in [4.69, 9.17) is 5.84 Å². The predicted molar refractivity (Wildman–Crippen MR) is 118 cm³/mol. The van der Waals surface area contributed by atoms with Crippen LogP contribution in [-0.4, -0.2) is 26.5 Å². The average molecular weight is 410 g/mol. The highest BCUT2D eigenvalue weighted by molar-refractivity contribution is 7.99. The van der Waals surface area contributed by atoms with Gasteiger partial charge >= 0.3 is 0 Å². The number of hydrogen-bond acceptors (Lipinski definition) is 5. The van der Waals surface area contributed by atoms with Crippen LogP contribution in [0.3, 0.4) is 0 Å². The summed E-state index contributed by atoms with van der Waals surface area (Å²) in [6, 6.07) is 14.0. The van der Waals surface area contributed by atoms with Gasteiger partial charge < -0.3 is 11.2 Å². The van der Waals surface area contributed by atoms with Crippen LogP contribution in [0.25, 0.3) is 10.8 Å². The van der Waals surface area contributed by atoms with E-state index < -0.39 is 0 Å². The number of nitrogens with one attached hydrogen (secondary N) is 1. The molecule has 0 aliphatic heterocycles. The summed E-state index contributed by atoms with van der Waals surface area (Å²) in [6.07, 6.45) is 8.64. The van der Waals surface area contributed by atoms with Crippen LogP contribution in [0.2, 0.25) is 0 Å². The highest BCUT2D eigenvalue weighted by atomic mass is 32.2. The predicted octanol–water partition coefficient (Wildman–Crippen LogP) is 4.39. The van der Waals surface area contributed by atoms with E-state index in [-0.39, 0.29) is 11.7 Å². The fourth-order valence-electron chi connectivity index (χ4n) is 3.98. The molecular weight excluding hydrogens is 382 g/mol. The van der Waals surface area contributed by atoms with Crippen LogP contribution in [-0.2, 0) is 11.2 Å². The van der Waals surface area contributed by atoms with Crippen molar-refractivity contribution < 1.29 is 4.79 Å². The molecule has 0 unspecified atom stereocenters. The van der Waals surface area contributed by atoms with Crippen LogP contribution in [0, 0.1) is 5.92 Å². The number of anilines is 1. The summed E-state index contributed by atoms with van der Waals surface area (Å²) in [4.78, 5) is 12.3. The van der Waals surface area contributed by atoms with Crippen molar-refractivity contribution in [1.82, 2.24) is 14.9 Å². The Morgan fingerprint density at radius 2 is 1.90 bits per heavy atom. The van der Waals surface area contributed by atoms with Crippen molar-refractivity contribution in [3.05, 3.63) is 48.3 Å². The second kappa shape index (κ2) is 9.31. The molecule has 0 bridgehead atoms. The molecule has 0 saturated heterocycles. The van der Waals surface area contributed by atoms with E-state index in [1.165, 1.54) is 48.5 Å². The second-order valence-corrected chi connectivity index (χ2v) is 8.65. The van der Waals surface area contributed by atoms with Crippen molar-refractivity contribution in [3.63, 3.8) is 0 Å². The van der Waals surface area contributed by atoms with Gasteiger partial charge in [-0.25, -0.2) is 4.68 Å². The van der Waals surface area contributed by atoms with Gasteiger partial charge in [-0.1, -0.05) is 74.2 Å². The number of nitrogens with zero attached hydrogens (tertiary/aromatic N) is 3. The van der Waals surface area contributed by atoms with Gasteiger partial charge in [-0.15, -0.1) is 10.2 Å². The van der Waals surface area contributed by atoms with Crippen LogP contribution in [0.1, 0.15) is 44.3 Å². The van der Waals surface area contributed by atoms with Crippen LogP contribution < -0.4 is 11.2 Å². The van der Waals surface area contributed by atoms with Crippen LogP contribution in [0.4, 0.5) is 5.69 Å². The molecule has 1 heterocycles. The molecule has 1 saturated carbocycles. The minimum atomic E-state index is -0.0861. The molecule has 3 aromatic rings. The standard InChI is InChI=1S/C22H27N5OS/c23-27-20(13-10-16-6-2-1-3-7-16)25-26-22(27)29-15-21(28)24-19-12-11-17-8-4-5-9-18(17)14-19/h4-5,8-9,11-12,14,16H,1-3,6-7,10,13,15,23H2,(H,24,28). The Labute approximate surface area is 175 Å². The first-order chi connectivity index (χ1) is 14.2. The lowest BCUT2D eigenvalue weighted by Gasteiger charge is -2.20. The largest absolute Gasteiger partial charge is 0.336 e. The summed E-state index contributed by atoms with van der Waals surface area (Å²) in [5.74, 6) is 7.89. The van der Waals surface area contributed by atoms with Crippen molar-refractivity contribution in [2.45, 2.75) is 50.1 Å². The third-order valence-electron chi connectivity index (χ3n) is 5.60. The van der Waals surface area contributed by atoms with Gasteiger partial charge in [0.05, 0.1) is 5.75 Å². The maximum absolute atomic E-state index is 12.3. The highest BCUT2D eigenvalue weighted by Gasteiger charge is 2.17. The van der Waals surface area contributed by atoms with Gasteiger partial charge in [0, 0.05) is 12.1 Å². The smallest absolute Gasteiger partial charge is 0.234 e. The minimum absolute atomic E-state index is 0.0861. The summed E-state index contributed by atoms with van der Waals surface area (Å²) >= 11 is 1.31. The van der Waals surface area contributed by atoms with Gasteiger partial charge in [-0.05, 0) is 35.2 Å². The third kappa shape index (κ3) is 5.09. The SMILES string of the molecule is Nn1c(CCC2CCCCC2)nnc1SCC(=O)Nc1ccc2ccccc2c1. The van der Waals surface area contributed by atoms with Gasteiger partial charge in [0.15, 0.2) is 5.82 Å². The van der Waals surface area contributed by atoms with Crippen molar-refractivity contribution in [2.24, 2.45) is 5.92 Å². The number of aromatic nitrogens is 3. The van der Waals surface area contributed by atoms with Crippen molar-refractivity contribution in [1.29, 1.82) is 0 Å². The van der Waals surface area contributed by atoms with Crippen LogP contribution >= 0.6 is 11.8 Å². The summed E-state index contributed by atoms with van der Waals surface area (Å²) in [6.45, 7) is 0. The lowest BCUT2D eigenvalue weighted by Crippen LogP contribution is -2.18. The van der Waals surface area contributed by atoms with E-state index in [9.17, 15) is 4.79 Å². The zero-order chi connectivity index (χ0) is 20.1. The molecule has 1 aromatic heterocycles.